The molecule has 1 aliphatic rings. The van der Waals surface area contributed by atoms with Crippen LogP contribution >= 0.6 is 11.6 Å². The maximum absolute atomic E-state index is 11.4. The summed E-state index contributed by atoms with van der Waals surface area (Å²) in [5.41, 5.74) is 0.967. The Labute approximate surface area is 100 Å². The van der Waals surface area contributed by atoms with E-state index in [1.807, 2.05) is 13.0 Å². The number of ether oxygens (including phenoxy) is 1. The largest absolute Gasteiger partial charge is 0.465 e. The van der Waals surface area contributed by atoms with Crippen LogP contribution in [0.2, 0.25) is 0 Å². The van der Waals surface area contributed by atoms with Crippen molar-refractivity contribution in [3.63, 3.8) is 0 Å². The second-order valence-electron chi connectivity index (χ2n) is 3.71. The van der Waals surface area contributed by atoms with E-state index in [9.17, 15) is 4.79 Å². The lowest BCUT2D eigenvalue weighted by Crippen LogP contribution is -2.07. The third kappa shape index (κ3) is 3.22. The maximum atomic E-state index is 11.4. The minimum Gasteiger partial charge on any atom is -0.465 e. The van der Waals surface area contributed by atoms with E-state index in [4.69, 9.17) is 16.7 Å². The van der Waals surface area contributed by atoms with Crippen molar-refractivity contribution in [2.45, 2.75) is 13.3 Å². The lowest BCUT2D eigenvalue weighted by molar-refractivity contribution is -0.135. The molecule has 0 radical (unpaired) electrons. The monoisotopic (exact) mass is 242 g/mol. The van der Waals surface area contributed by atoms with Crippen LogP contribution in [0, 0.1) is 5.92 Å². The van der Waals surface area contributed by atoms with Crippen LogP contribution < -0.4 is 0 Å². The number of halogens is 1. The SMILES string of the molecule is COC(=O)C1=C\CC(C)\C=C(Cl)/C(CO)=C\1. The average molecular weight is 243 g/mol. The highest BCUT2D eigenvalue weighted by Gasteiger charge is 2.13. The van der Waals surface area contributed by atoms with E-state index in [-0.39, 0.29) is 12.5 Å². The van der Waals surface area contributed by atoms with E-state index >= 15 is 0 Å². The summed E-state index contributed by atoms with van der Waals surface area (Å²) in [6.07, 6.45) is 5.95. The molecular formula is C12H15ClO3. The molecular weight excluding hydrogens is 228 g/mol. The molecule has 1 N–H and O–H groups in total. The first-order valence-electron chi connectivity index (χ1n) is 5.06. The molecule has 0 aliphatic heterocycles. The molecule has 1 aliphatic carbocycles. The molecule has 1 unspecified atom stereocenters. The molecule has 0 amide bonds. The Bertz CT molecular complexity index is 366. The average Bonchev–Trinajstić information content (AvgIpc) is 2.26. The molecule has 0 bridgehead atoms. The number of rotatable bonds is 2. The number of hydrogen-bond donors (Lipinski definition) is 1. The van der Waals surface area contributed by atoms with Crippen molar-refractivity contribution in [1.82, 2.24) is 0 Å². The van der Waals surface area contributed by atoms with Gasteiger partial charge in [0.1, 0.15) is 0 Å². The van der Waals surface area contributed by atoms with Gasteiger partial charge in [0.15, 0.2) is 0 Å². The quantitative estimate of drug-likeness (QED) is 0.755. The summed E-state index contributed by atoms with van der Waals surface area (Å²) in [7, 11) is 1.33. The van der Waals surface area contributed by atoms with Gasteiger partial charge in [0.2, 0.25) is 0 Å². The minimum absolute atomic E-state index is 0.198. The van der Waals surface area contributed by atoms with Gasteiger partial charge in [-0.1, -0.05) is 30.7 Å². The zero-order chi connectivity index (χ0) is 12.1. The molecule has 0 aromatic carbocycles. The van der Waals surface area contributed by atoms with Gasteiger partial charge in [0, 0.05) is 5.03 Å². The number of esters is 1. The van der Waals surface area contributed by atoms with Gasteiger partial charge in [0.05, 0.1) is 19.3 Å². The Morgan fingerprint density at radius 3 is 2.94 bits per heavy atom. The van der Waals surface area contributed by atoms with Gasteiger partial charge < -0.3 is 9.84 Å². The molecule has 0 spiro atoms. The molecule has 1 atom stereocenters. The third-order valence-corrected chi connectivity index (χ3v) is 2.74. The van der Waals surface area contributed by atoms with Crippen molar-refractivity contribution in [2.24, 2.45) is 5.92 Å². The number of carbonyl (C=O) groups excluding carboxylic acids is 1. The predicted molar refractivity (Wildman–Crippen MR) is 63.0 cm³/mol. The fourth-order valence-electron chi connectivity index (χ4n) is 1.43. The van der Waals surface area contributed by atoms with Crippen LogP contribution in [0.5, 0.6) is 0 Å². The van der Waals surface area contributed by atoms with Gasteiger partial charge in [-0.2, -0.15) is 0 Å². The Kier molecular flexibility index (Phi) is 4.77. The number of allylic oxidation sites excluding steroid dienone is 2. The molecule has 0 aromatic heterocycles. The summed E-state index contributed by atoms with van der Waals surface area (Å²) in [4.78, 5) is 11.4. The highest BCUT2D eigenvalue weighted by Crippen LogP contribution is 2.24. The van der Waals surface area contributed by atoms with Gasteiger partial charge in [-0.05, 0) is 24.0 Å². The summed E-state index contributed by atoms with van der Waals surface area (Å²) in [5.74, 6) is -0.188. The van der Waals surface area contributed by atoms with Crippen LogP contribution in [0.4, 0.5) is 0 Å². The van der Waals surface area contributed by atoms with Crippen LogP contribution in [0.1, 0.15) is 13.3 Å². The number of hydrogen-bond acceptors (Lipinski definition) is 3. The van der Waals surface area contributed by atoms with Crippen molar-refractivity contribution in [2.75, 3.05) is 13.7 Å². The van der Waals surface area contributed by atoms with Crippen molar-refractivity contribution < 1.29 is 14.6 Å². The van der Waals surface area contributed by atoms with E-state index in [1.54, 1.807) is 12.2 Å². The molecule has 0 fully saturated rings. The van der Waals surface area contributed by atoms with Gasteiger partial charge in [-0.15, -0.1) is 0 Å². The predicted octanol–water partition coefficient (Wildman–Crippen LogP) is 2.17. The highest BCUT2D eigenvalue weighted by atomic mass is 35.5. The van der Waals surface area contributed by atoms with Crippen molar-refractivity contribution in [3.05, 3.63) is 34.4 Å². The van der Waals surface area contributed by atoms with Crippen molar-refractivity contribution in [1.29, 1.82) is 0 Å². The Morgan fingerprint density at radius 2 is 2.38 bits per heavy atom. The maximum Gasteiger partial charge on any atom is 0.337 e. The standard InChI is InChI=1S/C12H15ClO3/c1-8-3-4-9(12(15)16-2)6-10(7-14)11(13)5-8/h4-6,8,14H,3,7H2,1-2H3/b9-4-,10-6-,11-5+. The van der Waals surface area contributed by atoms with Crippen LogP contribution in [-0.4, -0.2) is 24.8 Å². The molecule has 88 valence electrons. The first kappa shape index (κ1) is 13.0. The lowest BCUT2D eigenvalue weighted by atomic mass is 9.99. The first-order valence-corrected chi connectivity index (χ1v) is 5.44. The van der Waals surface area contributed by atoms with Gasteiger partial charge >= 0.3 is 5.97 Å². The van der Waals surface area contributed by atoms with Crippen LogP contribution in [0.15, 0.2) is 34.4 Å². The minimum atomic E-state index is -0.412. The fraction of sp³-hybridized carbons (Fsp3) is 0.417. The van der Waals surface area contributed by atoms with E-state index in [0.29, 0.717) is 16.2 Å². The Hall–Kier alpha value is -1.06. The highest BCUT2D eigenvalue weighted by molar-refractivity contribution is 6.32. The zero-order valence-corrected chi connectivity index (χ0v) is 10.1. The molecule has 1 rings (SSSR count). The smallest absolute Gasteiger partial charge is 0.337 e. The summed E-state index contributed by atoms with van der Waals surface area (Å²) < 4.78 is 4.65. The normalized spacial score (nSPS) is 31.0. The molecule has 16 heavy (non-hydrogen) atoms. The van der Waals surface area contributed by atoms with Crippen LogP contribution in [0.3, 0.4) is 0 Å². The van der Waals surface area contributed by atoms with Gasteiger partial charge in [0.25, 0.3) is 0 Å². The number of aliphatic hydroxyl groups is 1. The Morgan fingerprint density at radius 1 is 1.69 bits per heavy atom. The zero-order valence-electron chi connectivity index (χ0n) is 9.37. The topological polar surface area (TPSA) is 46.5 Å². The molecule has 0 heterocycles. The summed E-state index contributed by atoms with van der Waals surface area (Å²) >= 11 is 6.02. The summed E-state index contributed by atoms with van der Waals surface area (Å²) in [5, 5.41) is 9.65. The first-order chi connectivity index (χ1) is 7.58. The summed E-state index contributed by atoms with van der Waals surface area (Å²) in [6, 6.07) is 0. The number of carbonyl (C=O) groups is 1. The fourth-order valence-corrected chi connectivity index (χ4v) is 1.76. The third-order valence-electron chi connectivity index (χ3n) is 2.37. The van der Waals surface area contributed by atoms with Crippen molar-refractivity contribution >= 4 is 17.6 Å². The second kappa shape index (κ2) is 5.87. The van der Waals surface area contributed by atoms with Gasteiger partial charge in [-0.25, -0.2) is 4.79 Å². The van der Waals surface area contributed by atoms with E-state index in [1.165, 1.54) is 7.11 Å². The lowest BCUT2D eigenvalue weighted by Gasteiger charge is -2.12. The molecule has 0 aromatic rings. The Balaban J connectivity index is 3.11. The number of aliphatic hydroxyl groups excluding tert-OH is 1. The van der Waals surface area contributed by atoms with E-state index in [0.717, 1.165) is 6.42 Å². The molecule has 3 nitrogen and oxygen atoms in total. The second-order valence-corrected chi connectivity index (χ2v) is 4.11. The van der Waals surface area contributed by atoms with E-state index in [2.05, 4.69) is 4.74 Å². The van der Waals surface area contributed by atoms with E-state index < -0.39 is 5.97 Å². The molecule has 4 heteroatoms. The van der Waals surface area contributed by atoms with Crippen molar-refractivity contribution in [3.8, 4) is 0 Å². The number of methoxy groups -OCH3 is 1. The summed E-state index contributed by atoms with van der Waals surface area (Å²) in [6.45, 7) is 1.80. The van der Waals surface area contributed by atoms with Crippen LogP contribution in [0.25, 0.3) is 0 Å². The van der Waals surface area contributed by atoms with Crippen LogP contribution in [-0.2, 0) is 9.53 Å². The molecule has 0 saturated carbocycles. The molecule has 0 saturated heterocycles. The van der Waals surface area contributed by atoms with Gasteiger partial charge in [-0.3, -0.25) is 0 Å².